The quantitative estimate of drug-likeness (QED) is 0.755. The maximum absolute atomic E-state index is 11.9. The Morgan fingerprint density at radius 2 is 1.58 bits per heavy atom. The predicted octanol–water partition coefficient (Wildman–Crippen LogP) is 2.84. The van der Waals surface area contributed by atoms with Gasteiger partial charge >= 0.3 is 8.25 Å². The second-order valence-electron chi connectivity index (χ2n) is 3.15. The molecule has 110 valence electrons. The number of rotatable bonds is 6. The first kappa shape index (κ1) is 18.2. The van der Waals surface area contributed by atoms with Gasteiger partial charge < -0.3 is 9.05 Å². The van der Waals surface area contributed by atoms with E-state index in [4.69, 9.17) is 0 Å². The highest BCUT2D eigenvalue weighted by Crippen LogP contribution is 2.21. The minimum Gasteiger partial charge on any atom is -0.311 e. The fourth-order valence-electron chi connectivity index (χ4n) is 0.968. The van der Waals surface area contributed by atoms with E-state index in [0.717, 1.165) is 0 Å². The van der Waals surface area contributed by atoms with Gasteiger partial charge in [0.25, 0.3) is 0 Å². The molecular weight excluding hydrogens is 294 g/mol. The number of benzene rings is 1. The Labute approximate surface area is 113 Å². The largest absolute Gasteiger partial charge is 0.319 e. The van der Waals surface area contributed by atoms with Gasteiger partial charge in [0.1, 0.15) is 0 Å². The minimum absolute atomic E-state index is 0.0301. The molecule has 0 spiro atoms. The molecule has 1 aromatic rings. The molecule has 0 aliphatic carbocycles. The third-order valence-electron chi connectivity index (χ3n) is 1.77. The third kappa shape index (κ3) is 8.10. The lowest BCUT2D eigenvalue weighted by molar-refractivity contribution is 0.243. The van der Waals surface area contributed by atoms with E-state index in [2.05, 4.69) is 9.05 Å². The Hall–Kier alpha value is -0.750. The zero-order chi connectivity index (χ0) is 14.7. The molecule has 0 amide bonds. The highest BCUT2D eigenvalue weighted by atomic mass is 32.2. The minimum atomic E-state index is -3.66. The highest BCUT2D eigenvalue weighted by molar-refractivity contribution is 7.91. The summed E-state index contributed by atoms with van der Waals surface area (Å²) in [5, 5.41) is 0. The molecule has 0 heterocycles. The first-order valence-electron chi connectivity index (χ1n) is 5.61. The number of hydrogen-bond donors (Lipinski definition) is 0. The van der Waals surface area contributed by atoms with Crippen LogP contribution in [0.25, 0.3) is 0 Å². The Balaban J connectivity index is 0.000000362. The summed E-state index contributed by atoms with van der Waals surface area (Å²) >= 11 is 0. The summed E-state index contributed by atoms with van der Waals surface area (Å²) in [6.45, 7) is 4.47. The molecule has 1 aromatic carbocycles. The van der Waals surface area contributed by atoms with Crippen LogP contribution in [0.1, 0.15) is 13.8 Å². The van der Waals surface area contributed by atoms with Crippen molar-refractivity contribution in [1.82, 2.24) is 0 Å². The lowest BCUT2D eigenvalue weighted by Crippen LogP contribution is -2.01. The zero-order valence-electron chi connectivity index (χ0n) is 10.8. The van der Waals surface area contributed by atoms with Gasteiger partial charge in [0.05, 0.1) is 18.1 Å². The van der Waals surface area contributed by atoms with Crippen molar-refractivity contribution in [3.8, 4) is 0 Å². The average molecular weight is 312 g/mol. The van der Waals surface area contributed by atoms with Gasteiger partial charge in [0.2, 0.25) is 9.84 Å². The number of halogens is 1. The van der Waals surface area contributed by atoms with Crippen LogP contribution in [0, 0.1) is 0 Å². The van der Waals surface area contributed by atoms with Crippen LogP contribution in [0.2, 0.25) is 0 Å². The van der Waals surface area contributed by atoms with Crippen molar-refractivity contribution in [3.63, 3.8) is 0 Å². The van der Waals surface area contributed by atoms with Gasteiger partial charge in [-0.05, 0) is 26.0 Å². The van der Waals surface area contributed by atoms with E-state index in [0.29, 0.717) is 13.2 Å². The Morgan fingerprint density at radius 3 is 1.95 bits per heavy atom. The first-order chi connectivity index (χ1) is 8.97. The Kier molecular flexibility index (Phi) is 9.69. The van der Waals surface area contributed by atoms with Gasteiger partial charge in [-0.2, -0.15) is 0 Å². The summed E-state index contributed by atoms with van der Waals surface area (Å²) in [6.07, 6.45) is 0. The predicted molar refractivity (Wildman–Crippen MR) is 71.9 cm³/mol. The van der Waals surface area contributed by atoms with Crippen LogP contribution in [-0.2, 0) is 23.4 Å². The SMILES string of the molecule is CCO[PH](=O)OCC.O=S(=O)(CF)c1ccccc1. The van der Waals surface area contributed by atoms with Gasteiger partial charge in [0, 0.05) is 0 Å². The molecule has 0 aliphatic rings. The van der Waals surface area contributed by atoms with Crippen molar-refractivity contribution >= 4 is 18.1 Å². The summed E-state index contributed by atoms with van der Waals surface area (Å²) in [5.74, 6) is 0. The lowest BCUT2D eigenvalue weighted by atomic mass is 10.4. The first-order valence-corrected chi connectivity index (χ1v) is 8.49. The van der Waals surface area contributed by atoms with Crippen LogP contribution in [0.15, 0.2) is 35.2 Å². The van der Waals surface area contributed by atoms with E-state index < -0.39 is 24.1 Å². The van der Waals surface area contributed by atoms with Crippen LogP contribution >= 0.6 is 8.25 Å². The maximum atomic E-state index is 11.9. The van der Waals surface area contributed by atoms with Crippen LogP contribution < -0.4 is 0 Å². The van der Waals surface area contributed by atoms with Crippen molar-refractivity contribution in [2.75, 3.05) is 19.2 Å². The molecule has 0 fully saturated rings. The van der Waals surface area contributed by atoms with Crippen LogP contribution in [0.3, 0.4) is 0 Å². The van der Waals surface area contributed by atoms with Gasteiger partial charge in [-0.3, -0.25) is 4.57 Å². The van der Waals surface area contributed by atoms with E-state index in [1.54, 1.807) is 32.0 Å². The molecule has 0 bridgehead atoms. The van der Waals surface area contributed by atoms with Gasteiger partial charge in [-0.25, -0.2) is 12.8 Å². The van der Waals surface area contributed by atoms with E-state index in [1.165, 1.54) is 12.1 Å². The number of sulfone groups is 1. The average Bonchev–Trinajstić information content (AvgIpc) is 2.41. The fraction of sp³-hybridized carbons (Fsp3) is 0.455. The maximum Gasteiger partial charge on any atom is 0.319 e. The monoisotopic (exact) mass is 312 g/mol. The smallest absolute Gasteiger partial charge is 0.311 e. The van der Waals surface area contributed by atoms with Crippen molar-refractivity contribution < 1.29 is 26.4 Å². The summed E-state index contributed by atoms with van der Waals surface area (Å²) < 4.78 is 53.1. The van der Waals surface area contributed by atoms with Crippen molar-refractivity contribution in [2.45, 2.75) is 18.7 Å². The summed E-state index contributed by atoms with van der Waals surface area (Å²) in [4.78, 5) is 0.0301. The second-order valence-corrected chi connectivity index (χ2v) is 6.15. The highest BCUT2D eigenvalue weighted by Gasteiger charge is 2.11. The summed E-state index contributed by atoms with van der Waals surface area (Å²) in [6, 6.07) is 6.20. The van der Waals surface area contributed by atoms with Crippen LogP contribution in [0.4, 0.5) is 4.39 Å². The van der Waals surface area contributed by atoms with Crippen molar-refractivity contribution in [2.24, 2.45) is 0 Å². The topological polar surface area (TPSA) is 69.7 Å². The molecule has 0 unspecified atom stereocenters. The Morgan fingerprint density at radius 1 is 1.11 bits per heavy atom. The van der Waals surface area contributed by atoms with Gasteiger partial charge in [-0.1, -0.05) is 18.2 Å². The molecule has 19 heavy (non-hydrogen) atoms. The number of alkyl halides is 1. The molecule has 0 aliphatic heterocycles. The lowest BCUT2D eigenvalue weighted by Gasteiger charge is -1.97. The van der Waals surface area contributed by atoms with E-state index >= 15 is 0 Å². The molecule has 0 aromatic heterocycles. The number of hydrogen-bond acceptors (Lipinski definition) is 5. The fourth-order valence-corrected chi connectivity index (χ4v) is 2.22. The molecule has 0 radical (unpaired) electrons. The molecule has 0 atom stereocenters. The van der Waals surface area contributed by atoms with E-state index in [9.17, 15) is 17.4 Å². The van der Waals surface area contributed by atoms with Crippen molar-refractivity contribution in [3.05, 3.63) is 30.3 Å². The normalized spacial score (nSPS) is 10.9. The molecular formula is C11H18FO5PS. The van der Waals surface area contributed by atoms with Gasteiger partial charge in [0.15, 0.2) is 6.01 Å². The molecule has 0 saturated heterocycles. The summed E-state index contributed by atoms with van der Waals surface area (Å²) in [7, 11) is -5.81. The van der Waals surface area contributed by atoms with Crippen molar-refractivity contribution in [1.29, 1.82) is 0 Å². The molecule has 0 saturated carbocycles. The second kappa shape index (κ2) is 10.1. The molecule has 8 heteroatoms. The van der Waals surface area contributed by atoms with Gasteiger partial charge in [-0.15, -0.1) is 0 Å². The third-order valence-corrected chi connectivity index (χ3v) is 4.10. The Bertz CT molecular complexity index is 455. The van der Waals surface area contributed by atoms with E-state index in [1.807, 2.05) is 0 Å². The molecule has 5 nitrogen and oxygen atoms in total. The van der Waals surface area contributed by atoms with E-state index in [-0.39, 0.29) is 4.90 Å². The zero-order valence-corrected chi connectivity index (χ0v) is 12.7. The van der Waals surface area contributed by atoms with Crippen LogP contribution in [0.5, 0.6) is 0 Å². The standard InChI is InChI=1S/C7H7FO2S.C4H11O3P/c8-6-11(9,10)7-4-2-1-3-5-7;1-3-6-8(5)7-4-2/h1-5H,6H2;8H,3-4H2,1-2H3. The molecule has 1 rings (SSSR count). The van der Waals surface area contributed by atoms with Crippen LogP contribution in [-0.4, -0.2) is 27.6 Å². The molecule has 0 N–H and O–H groups in total. The summed E-state index contributed by atoms with van der Waals surface area (Å²) in [5.41, 5.74) is 0.